The van der Waals surface area contributed by atoms with Crippen molar-refractivity contribution in [2.24, 2.45) is 5.92 Å². The molecular formula is C27H26N6O. The summed E-state index contributed by atoms with van der Waals surface area (Å²) >= 11 is 0. The van der Waals surface area contributed by atoms with Gasteiger partial charge in [-0.2, -0.15) is 0 Å². The second-order valence-electron chi connectivity index (χ2n) is 9.02. The Morgan fingerprint density at radius 2 is 1.79 bits per heavy atom. The molecule has 6 rings (SSSR count). The van der Waals surface area contributed by atoms with Crippen molar-refractivity contribution in [3.8, 4) is 11.4 Å². The number of hydrogen-bond acceptors (Lipinski definition) is 4. The number of nitrogens with two attached hydrogens (primary N) is 1. The highest BCUT2D eigenvalue weighted by Gasteiger charge is 2.30. The van der Waals surface area contributed by atoms with Gasteiger partial charge >= 0.3 is 0 Å². The van der Waals surface area contributed by atoms with Crippen LogP contribution in [0.5, 0.6) is 0 Å². The zero-order valence-electron chi connectivity index (χ0n) is 18.7. The van der Waals surface area contributed by atoms with Crippen molar-refractivity contribution in [1.82, 2.24) is 19.4 Å². The highest BCUT2D eigenvalue weighted by molar-refractivity contribution is 5.93. The Bertz CT molecular complexity index is 1440. The van der Waals surface area contributed by atoms with E-state index in [0.717, 1.165) is 65.0 Å². The van der Waals surface area contributed by atoms with E-state index >= 15 is 0 Å². The van der Waals surface area contributed by atoms with E-state index in [9.17, 15) is 4.79 Å². The normalized spacial score (nSPS) is 18.4. The molecule has 34 heavy (non-hydrogen) atoms. The first-order valence-corrected chi connectivity index (χ1v) is 11.7. The van der Waals surface area contributed by atoms with E-state index in [1.54, 1.807) is 6.20 Å². The number of amides is 1. The molecule has 0 radical (unpaired) electrons. The summed E-state index contributed by atoms with van der Waals surface area (Å²) in [5.74, 6) is 1.83. The van der Waals surface area contributed by atoms with E-state index in [1.807, 2.05) is 48.7 Å². The number of aromatic nitrogens is 4. The van der Waals surface area contributed by atoms with Gasteiger partial charge in [-0.3, -0.25) is 9.20 Å². The zero-order valence-corrected chi connectivity index (χ0v) is 18.7. The number of aromatic amines is 1. The molecule has 1 aliphatic rings. The largest absolute Gasteiger partial charge is 0.382 e. The van der Waals surface area contributed by atoms with Crippen LogP contribution in [0, 0.1) is 5.92 Å². The second-order valence-corrected chi connectivity index (χ2v) is 9.02. The SMILES string of the molecule is Nc1nccn2c1c(-c1cc3ccccc3[nH]1)nc2[C@H]1CC[C@H](C(=O)Nc2ccccc2)CC1. The van der Waals surface area contributed by atoms with Crippen molar-refractivity contribution in [1.29, 1.82) is 0 Å². The zero-order chi connectivity index (χ0) is 23.1. The summed E-state index contributed by atoms with van der Waals surface area (Å²) in [5, 5.41) is 4.18. The standard InChI is InChI=1S/C27H26N6O/c28-25-24-23(22-16-19-6-4-5-9-21(19)31-22)32-26(33(24)15-14-29-25)17-10-12-18(13-11-17)27(34)30-20-7-2-1-3-8-20/h1-9,14-18,31H,10-13H2,(H2,28,29)(H,30,34)/t17-,18-. The van der Waals surface area contributed by atoms with Gasteiger partial charge in [0.15, 0.2) is 0 Å². The monoisotopic (exact) mass is 450 g/mol. The number of nitrogens with zero attached hydrogens (tertiary/aromatic N) is 3. The van der Waals surface area contributed by atoms with Crippen molar-refractivity contribution in [3.63, 3.8) is 0 Å². The van der Waals surface area contributed by atoms with Gasteiger partial charge in [0.05, 0.1) is 5.69 Å². The lowest BCUT2D eigenvalue weighted by atomic mass is 9.81. The van der Waals surface area contributed by atoms with Crippen molar-refractivity contribution >= 4 is 33.8 Å². The summed E-state index contributed by atoms with van der Waals surface area (Å²) < 4.78 is 2.08. The van der Waals surface area contributed by atoms with E-state index in [0.29, 0.717) is 5.82 Å². The summed E-state index contributed by atoms with van der Waals surface area (Å²) in [5.41, 5.74) is 10.8. The first kappa shape index (κ1) is 20.5. The number of benzene rings is 2. The molecule has 1 saturated carbocycles. The highest BCUT2D eigenvalue weighted by atomic mass is 16.1. The van der Waals surface area contributed by atoms with Gasteiger partial charge in [0.1, 0.15) is 22.9 Å². The summed E-state index contributed by atoms with van der Waals surface area (Å²) in [4.78, 5) is 25.7. The number of carbonyl (C=O) groups is 1. The summed E-state index contributed by atoms with van der Waals surface area (Å²) in [6, 6.07) is 19.9. The van der Waals surface area contributed by atoms with Crippen molar-refractivity contribution in [2.45, 2.75) is 31.6 Å². The van der Waals surface area contributed by atoms with Gasteiger partial charge in [-0.05, 0) is 49.9 Å². The van der Waals surface area contributed by atoms with Gasteiger partial charge in [0.2, 0.25) is 5.91 Å². The molecule has 5 aromatic rings. The second kappa shape index (κ2) is 8.33. The Kier molecular flexibility index (Phi) is 5.02. The predicted molar refractivity (Wildman–Crippen MR) is 134 cm³/mol. The molecule has 1 aliphatic carbocycles. The Hall–Kier alpha value is -4.13. The van der Waals surface area contributed by atoms with Crippen LogP contribution in [-0.4, -0.2) is 25.3 Å². The number of imidazole rings is 1. The number of para-hydroxylation sites is 2. The van der Waals surface area contributed by atoms with Crippen LogP contribution in [0.15, 0.2) is 73.1 Å². The van der Waals surface area contributed by atoms with E-state index in [1.165, 1.54) is 0 Å². The minimum Gasteiger partial charge on any atom is -0.382 e. The van der Waals surface area contributed by atoms with Crippen LogP contribution in [0.25, 0.3) is 27.8 Å². The van der Waals surface area contributed by atoms with E-state index in [-0.39, 0.29) is 17.7 Å². The first-order valence-electron chi connectivity index (χ1n) is 11.7. The number of hydrogen-bond donors (Lipinski definition) is 3. The number of H-pyrrole nitrogens is 1. The minimum absolute atomic E-state index is 0.0163. The summed E-state index contributed by atoms with van der Waals surface area (Å²) in [6.45, 7) is 0. The van der Waals surface area contributed by atoms with Gasteiger partial charge in [0.25, 0.3) is 0 Å². The molecule has 0 aliphatic heterocycles. The van der Waals surface area contributed by atoms with E-state index < -0.39 is 0 Å². The number of rotatable bonds is 4. The number of carbonyl (C=O) groups excluding carboxylic acids is 1. The fourth-order valence-corrected chi connectivity index (χ4v) is 5.14. The van der Waals surface area contributed by atoms with Crippen LogP contribution in [0.3, 0.4) is 0 Å². The van der Waals surface area contributed by atoms with E-state index in [4.69, 9.17) is 10.7 Å². The van der Waals surface area contributed by atoms with Crippen LogP contribution < -0.4 is 11.1 Å². The fraction of sp³-hybridized carbons (Fsp3) is 0.222. The average Bonchev–Trinajstić information content (AvgIpc) is 3.47. The van der Waals surface area contributed by atoms with Crippen LogP contribution in [-0.2, 0) is 4.79 Å². The van der Waals surface area contributed by atoms with Crippen molar-refractivity contribution in [3.05, 3.63) is 78.9 Å². The van der Waals surface area contributed by atoms with Crippen LogP contribution in [0.2, 0.25) is 0 Å². The minimum atomic E-state index is 0.0163. The lowest BCUT2D eigenvalue weighted by Crippen LogP contribution is -2.27. The summed E-state index contributed by atoms with van der Waals surface area (Å²) in [7, 11) is 0. The quantitative estimate of drug-likeness (QED) is 0.342. The lowest BCUT2D eigenvalue weighted by Gasteiger charge is -2.27. The van der Waals surface area contributed by atoms with Crippen molar-refractivity contribution in [2.75, 3.05) is 11.1 Å². The van der Waals surface area contributed by atoms with Gasteiger partial charge in [-0.25, -0.2) is 9.97 Å². The molecule has 0 atom stereocenters. The molecule has 0 saturated heterocycles. The molecule has 0 bridgehead atoms. The maximum atomic E-state index is 12.8. The third kappa shape index (κ3) is 3.59. The lowest BCUT2D eigenvalue weighted by molar-refractivity contribution is -0.120. The van der Waals surface area contributed by atoms with Crippen molar-refractivity contribution < 1.29 is 4.79 Å². The smallest absolute Gasteiger partial charge is 0.227 e. The van der Waals surface area contributed by atoms with Gasteiger partial charge in [0, 0.05) is 40.8 Å². The maximum Gasteiger partial charge on any atom is 0.227 e. The third-order valence-corrected chi connectivity index (χ3v) is 6.90. The topological polar surface area (TPSA) is 101 Å². The maximum absolute atomic E-state index is 12.8. The van der Waals surface area contributed by atoms with E-state index in [2.05, 4.69) is 37.9 Å². The predicted octanol–water partition coefficient (Wildman–Crippen LogP) is 5.37. The summed E-state index contributed by atoms with van der Waals surface area (Å²) in [6.07, 6.45) is 7.14. The third-order valence-electron chi connectivity index (χ3n) is 6.90. The number of anilines is 2. The van der Waals surface area contributed by atoms with Gasteiger partial charge in [-0.15, -0.1) is 0 Å². The van der Waals surface area contributed by atoms with Gasteiger partial charge < -0.3 is 16.0 Å². The molecular weight excluding hydrogens is 424 g/mol. The molecule has 7 nitrogen and oxygen atoms in total. The molecule has 3 aromatic heterocycles. The Labute approximate surface area is 197 Å². The molecule has 2 aromatic carbocycles. The Morgan fingerprint density at radius 1 is 1.03 bits per heavy atom. The Morgan fingerprint density at radius 3 is 2.59 bits per heavy atom. The van der Waals surface area contributed by atoms with Gasteiger partial charge in [-0.1, -0.05) is 36.4 Å². The molecule has 7 heteroatoms. The highest BCUT2D eigenvalue weighted by Crippen LogP contribution is 2.39. The molecule has 170 valence electrons. The molecule has 1 amide bonds. The number of nitrogens with one attached hydrogen (secondary N) is 2. The van der Waals surface area contributed by atoms with Crippen LogP contribution in [0.4, 0.5) is 11.5 Å². The molecule has 1 fully saturated rings. The molecule has 0 unspecified atom stereocenters. The number of nitrogen functional groups attached to an aromatic ring is 1. The molecule has 4 N–H and O–H groups in total. The molecule has 3 heterocycles. The Balaban J connectivity index is 1.28. The average molecular weight is 451 g/mol. The molecule has 0 spiro atoms. The fourth-order valence-electron chi connectivity index (χ4n) is 5.14. The number of fused-ring (bicyclic) bond motifs is 2. The van der Waals surface area contributed by atoms with Crippen LogP contribution >= 0.6 is 0 Å². The van der Waals surface area contributed by atoms with Crippen LogP contribution in [0.1, 0.15) is 37.4 Å². The first-order chi connectivity index (χ1) is 16.7.